The Bertz CT molecular complexity index is 634. The van der Waals surface area contributed by atoms with E-state index in [0.29, 0.717) is 6.42 Å². The van der Waals surface area contributed by atoms with Gasteiger partial charge in [-0.3, -0.25) is 9.79 Å². The lowest BCUT2D eigenvalue weighted by molar-refractivity contribution is -0.131. The number of rotatable bonds is 9. The van der Waals surface area contributed by atoms with Gasteiger partial charge in [-0.2, -0.15) is 0 Å². The fourth-order valence-electron chi connectivity index (χ4n) is 3.51. The van der Waals surface area contributed by atoms with Crippen molar-refractivity contribution in [1.82, 2.24) is 15.5 Å². The largest absolute Gasteiger partial charge is 0.379 e. The minimum Gasteiger partial charge on any atom is -0.379 e. The summed E-state index contributed by atoms with van der Waals surface area (Å²) in [6.07, 6.45) is 3.52. The summed E-state index contributed by atoms with van der Waals surface area (Å²) in [6, 6.07) is 8.27. The summed E-state index contributed by atoms with van der Waals surface area (Å²) in [4.78, 5) is 18.6. The molecule has 0 bridgehead atoms. The molecule has 1 amide bonds. The lowest BCUT2D eigenvalue weighted by Crippen LogP contribution is -2.39. The summed E-state index contributed by atoms with van der Waals surface area (Å²) in [6.45, 7) is 5.26. The average molecular weight is 389 g/mol. The number of carbonyl (C=O) groups excluding carboxylic acids is 1. The van der Waals surface area contributed by atoms with E-state index in [2.05, 4.69) is 27.8 Å². The molecule has 7 heteroatoms. The van der Waals surface area contributed by atoms with Gasteiger partial charge in [-0.15, -0.1) is 0 Å². The summed E-state index contributed by atoms with van der Waals surface area (Å²) >= 11 is 0. The van der Waals surface area contributed by atoms with Crippen molar-refractivity contribution < 1.29 is 14.3 Å². The number of nitrogens with zero attached hydrogens (tertiary/aromatic N) is 2. The van der Waals surface area contributed by atoms with E-state index in [1.54, 1.807) is 7.05 Å². The fourth-order valence-corrected chi connectivity index (χ4v) is 3.51. The van der Waals surface area contributed by atoms with Crippen LogP contribution in [0, 0.1) is 0 Å². The second kappa shape index (κ2) is 11.0. The number of carbonyl (C=O) groups is 1. The van der Waals surface area contributed by atoms with E-state index in [0.717, 1.165) is 71.2 Å². The van der Waals surface area contributed by atoms with E-state index < -0.39 is 0 Å². The summed E-state index contributed by atoms with van der Waals surface area (Å²) in [7, 11) is 1.76. The molecular weight excluding hydrogens is 356 g/mol. The number of benzene rings is 1. The number of guanidine groups is 1. The van der Waals surface area contributed by atoms with Crippen LogP contribution < -0.4 is 10.6 Å². The van der Waals surface area contributed by atoms with Crippen molar-refractivity contribution in [2.24, 2.45) is 4.99 Å². The van der Waals surface area contributed by atoms with Crippen LogP contribution in [0.2, 0.25) is 0 Å². The van der Waals surface area contributed by atoms with Crippen LogP contribution in [0.4, 0.5) is 0 Å². The molecule has 1 fully saturated rings. The number of fused-ring (bicyclic) bond motifs is 1. The summed E-state index contributed by atoms with van der Waals surface area (Å²) in [5, 5.41) is 6.55. The first kappa shape index (κ1) is 20.6. The van der Waals surface area contributed by atoms with Gasteiger partial charge in [-0.1, -0.05) is 24.3 Å². The Labute approximate surface area is 167 Å². The molecule has 0 radical (unpaired) electrons. The van der Waals surface area contributed by atoms with Crippen molar-refractivity contribution in [3.63, 3.8) is 0 Å². The molecule has 1 aromatic rings. The van der Waals surface area contributed by atoms with Gasteiger partial charge in [0.05, 0.1) is 12.7 Å². The molecule has 2 N–H and O–H groups in total. The molecule has 0 aliphatic carbocycles. The van der Waals surface area contributed by atoms with Gasteiger partial charge >= 0.3 is 0 Å². The number of hydrogen-bond donors (Lipinski definition) is 2. The Kier molecular flexibility index (Phi) is 8.11. The first-order chi connectivity index (χ1) is 13.8. The molecule has 0 aromatic heterocycles. The topological polar surface area (TPSA) is 75.2 Å². The summed E-state index contributed by atoms with van der Waals surface area (Å²) < 4.78 is 11.0. The number of aliphatic imine (C=N–C) groups is 1. The van der Waals surface area contributed by atoms with Crippen LogP contribution >= 0.6 is 0 Å². The lowest BCUT2D eigenvalue weighted by Gasteiger charge is -2.16. The molecule has 154 valence electrons. The molecule has 1 atom stereocenters. The van der Waals surface area contributed by atoms with Crippen molar-refractivity contribution in [2.45, 2.75) is 44.9 Å². The van der Waals surface area contributed by atoms with Gasteiger partial charge in [0.2, 0.25) is 5.91 Å². The lowest BCUT2D eigenvalue weighted by atomic mass is 10.1. The quantitative estimate of drug-likeness (QED) is 0.382. The summed E-state index contributed by atoms with van der Waals surface area (Å²) in [5.41, 5.74) is 2.53. The van der Waals surface area contributed by atoms with Crippen LogP contribution in [0.25, 0.3) is 0 Å². The molecule has 28 heavy (non-hydrogen) atoms. The zero-order chi connectivity index (χ0) is 19.6. The zero-order valence-electron chi connectivity index (χ0n) is 16.8. The van der Waals surface area contributed by atoms with Gasteiger partial charge in [-0.25, -0.2) is 0 Å². The smallest absolute Gasteiger partial charge is 0.223 e. The van der Waals surface area contributed by atoms with Crippen molar-refractivity contribution in [2.75, 3.05) is 40.0 Å². The molecule has 2 aliphatic heterocycles. The van der Waals surface area contributed by atoms with Crippen LogP contribution in [-0.2, 0) is 27.4 Å². The highest BCUT2D eigenvalue weighted by Gasteiger charge is 2.22. The van der Waals surface area contributed by atoms with Crippen LogP contribution in [-0.4, -0.2) is 62.8 Å². The molecule has 0 spiro atoms. The fraction of sp³-hybridized carbons (Fsp3) is 0.619. The minimum absolute atomic E-state index is 0.217. The third-order valence-corrected chi connectivity index (χ3v) is 5.13. The number of ether oxygens (including phenoxy) is 2. The van der Waals surface area contributed by atoms with Crippen LogP contribution in [0.15, 0.2) is 29.3 Å². The maximum Gasteiger partial charge on any atom is 0.223 e. The molecular formula is C21H32N4O3. The monoisotopic (exact) mass is 388 g/mol. The Morgan fingerprint density at radius 3 is 2.57 bits per heavy atom. The molecule has 3 rings (SSSR count). The van der Waals surface area contributed by atoms with Crippen molar-refractivity contribution in [3.05, 3.63) is 35.4 Å². The van der Waals surface area contributed by atoms with Crippen LogP contribution in [0.1, 0.15) is 36.8 Å². The Hall–Kier alpha value is -2.12. The molecule has 2 heterocycles. The third-order valence-electron chi connectivity index (χ3n) is 5.13. The van der Waals surface area contributed by atoms with Crippen molar-refractivity contribution >= 4 is 11.9 Å². The maximum atomic E-state index is 12.4. The van der Waals surface area contributed by atoms with E-state index in [9.17, 15) is 4.79 Å². The standard InChI is InChI=1S/C21H32N4O3/c1-22-21(24-11-5-12-28-19-9-13-27-16-19)23-10-4-8-20(26)25-14-17-6-2-3-7-18(17)15-25/h2-3,6-7,19H,4-5,8-16H2,1H3,(H2,22,23,24). The minimum atomic E-state index is 0.217. The molecule has 1 saturated heterocycles. The predicted octanol–water partition coefficient (Wildman–Crippen LogP) is 1.67. The van der Waals surface area contributed by atoms with Crippen LogP contribution in [0.3, 0.4) is 0 Å². The molecule has 2 aliphatic rings. The van der Waals surface area contributed by atoms with Gasteiger partial charge in [0.1, 0.15) is 0 Å². The van der Waals surface area contributed by atoms with Crippen molar-refractivity contribution in [1.29, 1.82) is 0 Å². The van der Waals surface area contributed by atoms with Gasteiger partial charge < -0.3 is 25.0 Å². The first-order valence-electron chi connectivity index (χ1n) is 10.2. The maximum absolute atomic E-state index is 12.4. The highest BCUT2D eigenvalue weighted by atomic mass is 16.5. The second-order valence-corrected chi connectivity index (χ2v) is 7.26. The first-order valence-corrected chi connectivity index (χ1v) is 10.2. The summed E-state index contributed by atoms with van der Waals surface area (Å²) in [5.74, 6) is 0.985. The van der Waals surface area contributed by atoms with E-state index in [4.69, 9.17) is 9.47 Å². The average Bonchev–Trinajstić information content (AvgIpc) is 3.38. The second-order valence-electron chi connectivity index (χ2n) is 7.26. The molecule has 0 saturated carbocycles. The Balaban J connectivity index is 1.23. The number of hydrogen-bond acceptors (Lipinski definition) is 4. The third kappa shape index (κ3) is 6.21. The van der Waals surface area contributed by atoms with Gasteiger partial charge in [0, 0.05) is 52.9 Å². The van der Waals surface area contributed by atoms with E-state index in [-0.39, 0.29) is 12.0 Å². The van der Waals surface area contributed by atoms with E-state index in [1.165, 1.54) is 11.1 Å². The van der Waals surface area contributed by atoms with Crippen molar-refractivity contribution in [3.8, 4) is 0 Å². The Morgan fingerprint density at radius 2 is 1.93 bits per heavy atom. The highest BCUT2D eigenvalue weighted by molar-refractivity contribution is 5.80. The SMILES string of the molecule is CN=C(NCCCOC1CCOC1)NCCCC(=O)N1Cc2ccccc2C1. The van der Waals surface area contributed by atoms with Gasteiger partial charge in [0.25, 0.3) is 0 Å². The highest BCUT2D eigenvalue weighted by Crippen LogP contribution is 2.22. The molecule has 7 nitrogen and oxygen atoms in total. The predicted molar refractivity (Wildman–Crippen MR) is 109 cm³/mol. The number of amides is 1. The number of nitrogens with one attached hydrogen (secondary N) is 2. The van der Waals surface area contributed by atoms with Crippen LogP contribution in [0.5, 0.6) is 0 Å². The van der Waals surface area contributed by atoms with Gasteiger partial charge in [0.15, 0.2) is 5.96 Å². The van der Waals surface area contributed by atoms with Gasteiger partial charge in [-0.05, 0) is 30.4 Å². The molecule has 1 unspecified atom stereocenters. The van der Waals surface area contributed by atoms with E-state index >= 15 is 0 Å². The Morgan fingerprint density at radius 1 is 1.21 bits per heavy atom. The zero-order valence-corrected chi connectivity index (χ0v) is 16.8. The molecule has 1 aromatic carbocycles. The normalized spacial score (nSPS) is 19.0. The van der Waals surface area contributed by atoms with E-state index in [1.807, 2.05) is 17.0 Å².